The largest absolute Gasteiger partial charge is 0.350 e. The number of hydrogen-bond donors (Lipinski definition) is 2. The van der Waals surface area contributed by atoms with Crippen molar-refractivity contribution in [2.45, 2.75) is 32.7 Å². The maximum atomic E-state index is 12.4. The number of carbonyl (C=O) groups excluding carboxylic acids is 1. The van der Waals surface area contributed by atoms with Gasteiger partial charge in [0.15, 0.2) is 0 Å². The van der Waals surface area contributed by atoms with Gasteiger partial charge in [-0.2, -0.15) is 0 Å². The van der Waals surface area contributed by atoms with E-state index in [2.05, 4.69) is 33.0 Å². The second kappa shape index (κ2) is 7.30. The Bertz CT molecular complexity index is 724. The summed E-state index contributed by atoms with van der Waals surface area (Å²) in [5.41, 5.74) is 3.30. The summed E-state index contributed by atoms with van der Waals surface area (Å²) < 4.78 is 2.06. The molecule has 1 amide bonds. The normalized spacial score (nSPS) is 21.0. The van der Waals surface area contributed by atoms with Crippen LogP contribution in [0.15, 0.2) is 24.4 Å². The molecule has 0 bridgehead atoms. The lowest BCUT2D eigenvalue weighted by Gasteiger charge is -2.23. The maximum Gasteiger partial charge on any atom is 0.224 e. The van der Waals surface area contributed by atoms with Crippen LogP contribution in [0, 0.1) is 18.3 Å². The minimum atomic E-state index is 0. The minimum absolute atomic E-state index is 0. The second-order valence-corrected chi connectivity index (χ2v) is 6.71. The Hall–Kier alpha value is -1.30. The zero-order valence-corrected chi connectivity index (χ0v) is 15.4. The van der Waals surface area contributed by atoms with Gasteiger partial charge in [0.2, 0.25) is 5.91 Å². The number of pyridine rings is 1. The molecule has 1 saturated heterocycles. The van der Waals surface area contributed by atoms with Gasteiger partial charge in [-0.1, -0.05) is 6.07 Å². The number of nitrogens with zero attached hydrogens (tertiary/aromatic N) is 2. The van der Waals surface area contributed by atoms with Crippen molar-refractivity contribution in [1.29, 1.82) is 0 Å². The van der Waals surface area contributed by atoms with E-state index < -0.39 is 0 Å². The number of halogens is 2. The van der Waals surface area contributed by atoms with Crippen molar-refractivity contribution in [2.75, 3.05) is 13.1 Å². The molecular formula is C17H24Cl2N4O. The molecule has 0 aromatic carbocycles. The van der Waals surface area contributed by atoms with Crippen molar-refractivity contribution in [3.8, 4) is 0 Å². The molecule has 1 aliphatic heterocycles. The molecule has 132 valence electrons. The van der Waals surface area contributed by atoms with E-state index in [9.17, 15) is 4.79 Å². The standard InChI is InChI=1S/C17H22N4O.2ClH/c1-12-3-2-4-15-20-13(11-21(12)15)10-19-16(22)14-9-17(14)5-7-18-8-6-17;;/h2-4,11,14,18H,5-10H2,1H3,(H,19,22);2*1H. The van der Waals surface area contributed by atoms with Crippen molar-refractivity contribution < 1.29 is 4.79 Å². The van der Waals surface area contributed by atoms with Crippen molar-refractivity contribution in [1.82, 2.24) is 20.0 Å². The predicted molar refractivity (Wildman–Crippen MR) is 98.9 cm³/mol. The molecule has 1 aliphatic carbocycles. The van der Waals surface area contributed by atoms with Crippen molar-refractivity contribution in [2.24, 2.45) is 11.3 Å². The third-order valence-electron chi connectivity index (χ3n) is 5.30. The highest BCUT2D eigenvalue weighted by atomic mass is 35.5. The van der Waals surface area contributed by atoms with E-state index in [1.54, 1.807) is 0 Å². The molecule has 1 spiro atoms. The molecule has 2 fully saturated rings. The highest BCUT2D eigenvalue weighted by molar-refractivity contribution is 5.85. The second-order valence-electron chi connectivity index (χ2n) is 6.71. The number of rotatable bonds is 3. The molecule has 1 saturated carbocycles. The number of fused-ring (bicyclic) bond motifs is 1. The lowest BCUT2D eigenvalue weighted by atomic mass is 9.92. The van der Waals surface area contributed by atoms with Crippen molar-refractivity contribution >= 4 is 36.4 Å². The molecule has 5 nitrogen and oxygen atoms in total. The molecule has 3 heterocycles. The fourth-order valence-electron chi connectivity index (χ4n) is 3.78. The molecule has 2 aromatic heterocycles. The SMILES string of the molecule is Cc1cccc2nc(CNC(=O)C3CC34CCNCC4)cn12.Cl.Cl. The highest BCUT2D eigenvalue weighted by Crippen LogP contribution is 2.58. The van der Waals surface area contributed by atoms with E-state index in [4.69, 9.17) is 0 Å². The Morgan fingerprint density at radius 3 is 2.83 bits per heavy atom. The Labute approximate surface area is 154 Å². The Morgan fingerprint density at radius 2 is 2.12 bits per heavy atom. The number of piperidine rings is 1. The van der Waals surface area contributed by atoms with E-state index in [1.807, 2.05) is 18.3 Å². The summed E-state index contributed by atoms with van der Waals surface area (Å²) in [5, 5.41) is 6.45. The smallest absolute Gasteiger partial charge is 0.224 e. The summed E-state index contributed by atoms with van der Waals surface area (Å²) in [5.74, 6) is 0.420. The summed E-state index contributed by atoms with van der Waals surface area (Å²) in [7, 11) is 0. The van der Waals surface area contributed by atoms with Gasteiger partial charge in [0.25, 0.3) is 0 Å². The highest BCUT2D eigenvalue weighted by Gasteiger charge is 2.57. The first-order chi connectivity index (χ1) is 10.7. The molecule has 2 aromatic rings. The molecule has 2 aliphatic rings. The van der Waals surface area contributed by atoms with E-state index >= 15 is 0 Å². The lowest BCUT2D eigenvalue weighted by Crippen LogP contribution is -2.33. The Kier molecular flexibility index (Phi) is 5.78. The molecule has 2 N–H and O–H groups in total. The summed E-state index contributed by atoms with van der Waals surface area (Å²) in [6.45, 7) is 4.68. The number of aromatic nitrogens is 2. The number of carbonyl (C=O) groups is 1. The van der Waals surface area contributed by atoms with Crippen LogP contribution in [-0.4, -0.2) is 28.4 Å². The average molecular weight is 371 g/mol. The first-order valence-corrected chi connectivity index (χ1v) is 8.10. The van der Waals surface area contributed by atoms with Crippen LogP contribution in [0.5, 0.6) is 0 Å². The fraction of sp³-hybridized carbons (Fsp3) is 0.529. The van der Waals surface area contributed by atoms with Gasteiger partial charge in [0, 0.05) is 17.8 Å². The van der Waals surface area contributed by atoms with Gasteiger partial charge in [0.1, 0.15) is 5.65 Å². The van der Waals surface area contributed by atoms with Gasteiger partial charge in [-0.3, -0.25) is 4.79 Å². The van der Waals surface area contributed by atoms with Crippen LogP contribution in [0.2, 0.25) is 0 Å². The number of imidazole rings is 1. The van der Waals surface area contributed by atoms with Crippen LogP contribution >= 0.6 is 24.8 Å². The zero-order valence-electron chi connectivity index (χ0n) is 13.7. The topological polar surface area (TPSA) is 58.4 Å². The van der Waals surface area contributed by atoms with Gasteiger partial charge < -0.3 is 15.0 Å². The van der Waals surface area contributed by atoms with Gasteiger partial charge in [-0.25, -0.2) is 4.98 Å². The van der Waals surface area contributed by atoms with Crippen LogP contribution in [0.25, 0.3) is 5.65 Å². The average Bonchev–Trinajstić information content (AvgIpc) is 3.04. The van der Waals surface area contributed by atoms with Gasteiger partial charge in [-0.15, -0.1) is 24.8 Å². The quantitative estimate of drug-likeness (QED) is 0.872. The molecule has 24 heavy (non-hydrogen) atoms. The number of aryl methyl sites for hydroxylation is 1. The first-order valence-electron chi connectivity index (χ1n) is 8.10. The predicted octanol–water partition coefficient (Wildman–Crippen LogP) is 2.49. The summed E-state index contributed by atoms with van der Waals surface area (Å²) >= 11 is 0. The van der Waals surface area contributed by atoms with Gasteiger partial charge in [0.05, 0.1) is 12.2 Å². The molecule has 7 heteroatoms. The molecule has 1 unspecified atom stereocenters. The fourth-order valence-corrected chi connectivity index (χ4v) is 3.78. The van der Waals surface area contributed by atoms with E-state index in [0.29, 0.717) is 12.0 Å². The lowest BCUT2D eigenvalue weighted by molar-refractivity contribution is -0.123. The Balaban J connectivity index is 0.00000104. The monoisotopic (exact) mass is 370 g/mol. The van der Waals surface area contributed by atoms with Crippen LogP contribution in [0.1, 0.15) is 30.7 Å². The molecule has 4 rings (SSSR count). The van der Waals surface area contributed by atoms with Crippen LogP contribution in [-0.2, 0) is 11.3 Å². The van der Waals surface area contributed by atoms with Gasteiger partial charge >= 0.3 is 0 Å². The van der Waals surface area contributed by atoms with E-state index in [0.717, 1.165) is 49.4 Å². The zero-order chi connectivity index (χ0) is 15.2. The van der Waals surface area contributed by atoms with Crippen LogP contribution in [0.4, 0.5) is 0 Å². The molecule has 0 radical (unpaired) electrons. The van der Waals surface area contributed by atoms with E-state index in [1.165, 1.54) is 0 Å². The Morgan fingerprint density at radius 1 is 1.38 bits per heavy atom. The van der Waals surface area contributed by atoms with E-state index in [-0.39, 0.29) is 36.6 Å². The molecule has 1 atom stereocenters. The van der Waals surface area contributed by atoms with Crippen LogP contribution in [0.3, 0.4) is 0 Å². The van der Waals surface area contributed by atoms with Gasteiger partial charge in [-0.05, 0) is 56.8 Å². The van der Waals surface area contributed by atoms with Crippen molar-refractivity contribution in [3.05, 3.63) is 35.8 Å². The first kappa shape index (κ1) is 19.0. The summed E-state index contributed by atoms with van der Waals surface area (Å²) in [4.78, 5) is 16.9. The van der Waals surface area contributed by atoms with Crippen LogP contribution < -0.4 is 10.6 Å². The minimum Gasteiger partial charge on any atom is -0.350 e. The van der Waals surface area contributed by atoms with Crippen molar-refractivity contribution in [3.63, 3.8) is 0 Å². The third-order valence-corrected chi connectivity index (χ3v) is 5.30. The number of nitrogens with one attached hydrogen (secondary N) is 2. The molecular weight excluding hydrogens is 347 g/mol. The third kappa shape index (κ3) is 3.39. The maximum absolute atomic E-state index is 12.4. The summed E-state index contributed by atoms with van der Waals surface area (Å²) in [6, 6.07) is 6.05. The number of amides is 1. The summed E-state index contributed by atoms with van der Waals surface area (Å²) in [6.07, 6.45) is 5.35. The number of hydrogen-bond acceptors (Lipinski definition) is 3.